The summed E-state index contributed by atoms with van der Waals surface area (Å²) in [6, 6.07) is 24.8. The normalized spacial score (nSPS) is 15.3. The van der Waals surface area contributed by atoms with E-state index < -0.39 is 0 Å². The number of rotatable bonds is 8. The highest BCUT2D eigenvalue weighted by molar-refractivity contribution is 5.94. The van der Waals surface area contributed by atoms with Crippen LogP contribution in [0.15, 0.2) is 83.4 Å². The van der Waals surface area contributed by atoms with E-state index in [4.69, 9.17) is 9.26 Å². The molecule has 1 aromatic heterocycles. The number of likely N-dealkylation sites (N-methyl/N-ethyl adjacent to an activating group) is 1. The van der Waals surface area contributed by atoms with Crippen molar-refractivity contribution in [2.45, 2.75) is 46.1 Å². The minimum absolute atomic E-state index is 0.0604. The maximum Gasteiger partial charge on any atom is 0.258 e. The molecule has 1 fully saturated rings. The van der Waals surface area contributed by atoms with Crippen LogP contribution in [-0.2, 0) is 0 Å². The Morgan fingerprint density at radius 3 is 2.34 bits per heavy atom. The monoisotopic (exact) mass is 512 g/mol. The number of hydrogen-bond acceptors (Lipinski definition) is 6. The lowest BCUT2D eigenvalue weighted by atomic mass is 10.0. The van der Waals surface area contributed by atoms with Gasteiger partial charge in [0.2, 0.25) is 5.82 Å². The van der Waals surface area contributed by atoms with E-state index in [0.29, 0.717) is 29.9 Å². The predicted molar refractivity (Wildman–Crippen MR) is 150 cm³/mol. The number of amides is 1. The molecule has 1 saturated heterocycles. The van der Waals surface area contributed by atoms with Gasteiger partial charge in [-0.2, -0.15) is 4.98 Å². The molecule has 0 spiro atoms. The van der Waals surface area contributed by atoms with Crippen molar-refractivity contribution < 1.29 is 14.1 Å². The fraction of sp³-hybridized carbons (Fsp3) is 0.323. The van der Waals surface area contributed by atoms with E-state index in [0.717, 1.165) is 42.1 Å². The van der Waals surface area contributed by atoms with Gasteiger partial charge < -0.3 is 14.6 Å². The van der Waals surface area contributed by atoms with Crippen molar-refractivity contribution in [1.29, 1.82) is 0 Å². The van der Waals surface area contributed by atoms with Crippen molar-refractivity contribution >= 4 is 5.91 Å². The van der Waals surface area contributed by atoms with Gasteiger partial charge in [0, 0.05) is 29.3 Å². The average molecular weight is 513 g/mol. The van der Waals surface area contributed by atoms with Gasteiger partial charge in [0.25, 0.3) is 11.8 Å². The Morgan fingerprint density at radius 1 is 0.947 bits per heavy atom. The molecule has 1 aliphatic heterocycles. The minimum Gasteiger partial charge on any atom is -0.457 e. The lowest BCUT2D eigenvalue weighted by Gasteiger charge is -2.34. The van der Waals surface area contributed by atoms with Crippen LogP contribution in [0.25, 0.3) is 22.8 Å². The molecule has 7 heteroatoms. The molecule has 198 valence electrons. The summed E-state index contributed by atoms with van der Waals surface area (Å²) in [6.45, 7) is 8.99. The predicted octanol–water partition coefficient (Wildman–Crippen LogP) is 6.83. The highest BCUT2D eigenvalue weighted by atomic mass is 16.5. The van der Waals surface area contributed by atoms with Crippen molar-refractivity contribution in [2.75, 3.05) is 19.6 Å². The standard InChI is InChI=1S/C29H30N4O3.C2H6/c1-2-33-19-7-6-8-24(33)20-30-28(34)22-13-11-21(12-14-22)27-31-29(36-32-27)23-15-17-26(18-16-23)35-25-9-4-3-5-10-25;1-2/h3-5,9-18,24H,2,6-8,19-20H2,1H3,(H,30,34);1-2H3. The van der Waals surface area contributed by atoms with Crippen LogP contribution in [0.4, 0.5) is 0 Å². The van der Waals surface area contributed by atoms with Gasteiger partial charge in [-0.3, -0.25) is 9.69 Å². The summed E-state index contributed by atoms with van der Waals surface area (Å²) in [7, 11) is 0. The van der Waals surface area contributed by atoms with Crippen LogP contribution in [0.5, 0.6) is 11.5 Å². The van der Waals surface area contributed by atoms with Gasteiger partial charge >= 0.3 is 0 Å². The van der Waals surface area contributed by atoms with E-state index in [1.54, 1.807) is 12.1 Å². The molecule has 0 bridgehead atoms. The van der Waals surface area contributed by atoms with Crippen LogP contribution in [0.3, 0.4) is 0 Å². The molecular weight excluding hydrogens is 476 g/mol. The summed E-state index contributed by atoms with van der Waals surface area (Å²) in [5, 5.41) is 7.22. The largest absolute Gasteiger partial charge is 0.457 e. The van der Waals surface area contributed by atoms with Crippen molar-refractivity contribution in [3.05, 3.63) is 84.4 Å². The minimum atomic E-state index is -0.0604. The summed E-state index contributed by atoms with van der Waals surface area (Å²) >= 11 is 0. The number of benzene rings is 3. The van der Waals surface area contributed by atoms with Crippen LogP contribution in [0.2, 0.25) is 0 Å². The maximum absolute atomic E-state index is 12.7. The summed E-state index contributed by atoms with van der Waals surface area (Å²) < 4.78 is 11.3. The zero-order chi connectivity index (χ0) is 26.7. The zero-order valence-corrected chi connectivity index (χ0v) is 22.4. The Kier molecular flexibility index (Phi) is 9.65. The number of likely N-dealkylation sites (tertiary alicyclic amines) is 1. The summed E-state index contributed by atoms with van der Waals surface area (Å²) in [6.07, 6.45) is 3.60. The molecule has 1 N–H and O–H groups in total. The number of piperidine rings is 1. The molecule has 1 amide bonds. The van der Waals surface area contributed by atoms with Crippen LogP contribution in [0.1, 0.15) is 50.4 Å². The van der Waals surface area contributed by atoms with Gasteiger partial charge in [-0.05, 0) is 74.5 Å². The SMILES string of the molecule is CC.CCN1CCCCC1CNC(=O)c1ccc(-c2noc(-c3ccc(Oc4ccccc4)cc3)n2)cc1. The van der Waals surface area contributed by atoms with Gasteiger partial charge in [-0.1, -0.05) is 62.7 Å². The van der Waals surface area contributed by atoms with E-state index in [1.165, 1.54) is 12.8 Å². The van der Waals surface area contributed by atoms with Crippen LogP contribution >= 0.6 is 0 Å². The van der Waals surface area contributed by atoms with Crippen LogP contribution in [-0.4, -0.2) is 46.6 Å². The number of carbonyl (C=O) groups is 1. The number of nitrogens with one attached hydrogen (secondary N) is 1. The number of hydrogen-bond donors (Lipinski definition) is 1. The van der Waals surface area contributed by atoms with Crippen molar-refractivity contribution in [2.24, 2.45) is 0 Å². The molecule has 0 aliphatic carbocycles. The maximum atomic E-state index is 12.7. The molecule has 1 unspecified atom stereocenters. The first-order chi connectivity index (χ1) is 18.7. The Morgan fingerprint density at radius 2 is 1.63 bits per heavy atom. The highest BCUT2D eigenvalue weighted by Gasteiger charge is 2.21. The van der Waals surface area contributed by atoms with Crippen LogP contribution in [0, 0.1) is 0 Å². The third kappa shape index (κ3) is 6.86. The second kappa shape index (κ2) is 13.5. The zero-order valence-electron chi connectivity index (χ0n) is 22.4. The van der Waals surface area contributed by atoms with E-state index in [1.807, 2.05) is 80.6 Å². The molecular formula is C31H36N4O3. The number of aromatic nitrogens is 2. The van der Waals surface area contributed by atoms with Crippen LogP contribution < -0.4 is 10.1 Å². The van der Waals surface area contributed by atoms with E-state index in [-0.39, 0.29) is 5.91 Å². The Balaban J connectivity index is 0.00000164. The van der Waals surface area contributed by atoms with E-state index in [9.17, 15) is 4.79 Å². The highest BCUT2D eigenvalue weighted by Crippen LogP contribution is 2.26. The second-order valence-electron chi connectivity index (χ2n) is 8.93. The first kappa shape index (κ1) is 27.1. The van der Waals surface area contributed by atoms with E-state index in [2.05, 4.69) is 27.3 Å². The molecule has 1 atom stereocenters. The topological polar surface area (TPSA) is 80.5 Å². The van der Waals surface area contributed by atoms with Crippen molar-refractivity contribution in [3.8, 4) is 34.3 Å². The first-order valence-corrected chi connectivity index (χ1v) is 13.5. The molecule has 5 rings (SSSR count). The molecule has 1 aliphatic rings. The van der Waals surface area contributed by atoms with Gasteiger partial charge in [0.1, 0.15) is 11.5 Å². The van der Waals surface area contributed by atoms with Gasteiger partial charge in [-0.15, -0.1) is 0 Å². The molecule has 3 aromatic carbocycles. The quantitative estimate of drug-likeness (QED) is 0.279. The fourth-order valence-electron chi connectivity index (χ4n) is 4.54. The molecule has 7 nitrogen and oxygen atoms in total. The Bertz CT molecular complexity index is 1270. The Hall–Kier alpha value is -3.97. The molecule has 38 heavy (non-hydrogen) atoms. The van der Waals surface area contributed by atoms with Crippen molar-refractivity contribution in [1.82, 2.24) is 20.4 Å². The number of carbonyl (C=O) groups excluding carboxylic acids is 1. The lowest BCUT2D eigenvalue weighted by Crippen LogP contribution is -2.46. The molecule has 4 aromatic rings. The summed E-state index contributed by atoms with van der Waals surface area (Å²) in [5.41, 5.74) is 2.21. The van der Waals surface area contributed by atoms with Crippen molar-refractivity contribution in [3.63, 3.8) is 0 Å². The first-order valence-electron chi connectivity index (χ1n) is 13.5. The number of para-hydroxylation sites is 1. The molecule has 2 heterocycles. The third-order valence-corrected chi connectivity index (χ3v) is 6.56. The Labute approximate surface area is 224 Å². The van der Waals surface area contributed by atoms with Gasteiger partial charge in [0.15, 0.2) is 0 Å². The van der Waals surface area contributed by atoms with Gasteiger partial charge in [-0.25, -0.2) is 0 Å². The summed E-state index contributed by atoms with van der Waals surface area (Å²) in [4.78, 5) is 19.7. The van der Waals surface area contributed by atoms with E-state index >= 15 is 0 Å². The fourth-order valence-corrected chi connectivity index (χ4v) is 4.54. The third-order valence-electron chi connectivity index (χ3n) is 6.56. The molecule has 0 radical (unpaired) electrons. The lowest BCUT2D eigenvalue weighted by molar-refractivity contribution is 0.0918. The smallest absolute Gasteiger partial charge is 0.258 e. The van der Waals surface area contributed by atoms with Gasteiger partial charge in [0.05, 0.1) is 0 Å². The molecule has 0 saturated carbocycles. The second-order valence-corrected chi connectivity index (χ2v) is 8.93. The number of nitrogens with zero attached hydrogens (tertiary/aromatic N) is 3. The number of ether oxygens (including phenoxy) is 1. The average Bonchev–Trinajstić information content (AvgIpc) is 3.48. The summed E-state index contributed by atoms with van der Waals surface area (Å²) in [5.74, 6) is 2.34.